The lowest BCUT2D eigenvalue weighted by Crippen LogP contribution is -2.13. The van der Waals surface area contributed by atoms with Crippen LogP contribution in [0.3, 0.4) is 0 Å². The van der Waals surface area contributed by atoms with Crippen LogP contribution < -0.4 is 11.1 Å². The molecule has 1 heterocycles. The van der Waals surface area contributed by atoms with Gasteiger partial charge in [0.1, 0.15) is 4.88 Å². The van der Waals surface area contributed by atoms with Crippen molar-refractivity contribution in [3.05, 3.63) is 38.8 Å². The summed E-state index contributed by atoms with van der Waals surface area (Å²) in [5.41, 5.74) is 7.84. The molecule has 1 amide bonds. The predicted octanol–water partition coefficient (Wildman–Crippen LogP) is 3.19. The van der Waals surface area contributed by atoms with Crippen molar-refractivity contribution in [2.45, 2.75) is 13.5 Å². The van der Waals surface area contributed by atoms with Crippen LogP contribution >= 0.6 is 27.3 Å². The average Bonchev–Trinajstić information content (AvgIpc) is 2.73. The van der Waals surface area contributed by atoms with Gasteiger partial charge in [-0.3, -0.25) is 4.79 Å². The maximum Gasteiger partial charge on any atom is 0.267 e. The number of carbonyl (C=O) groups is 1. The molecular weight excluding hydrogens is 342 g/mol. The number of aryl methyl sites for hydroxylation is 1. The fourth-order valence-electron chi connectivity index (χ4n) is 1.77. The SMILES string of the molecule is COCc1c(Br)cccc1NC(=O)c1sc(N)nc1C. The van der Waals surface area contributed by atoms with Gasteiger partial charge in [-0.15, -0.1) is 0 Å². The molecule has 0 radical (unpaired) electrons. The molecule has 0 saturated heterocycles. The molecular formula is C13H14BrN3O2S. The highest BCUT2D eigenvalue weighted by atomic mass is 79.9. The summed E-state index contributed by atoms with van der Waals surface area (Å²) in [6, 6.07) is 5.59. The minimum atomic E-state index is -0.216. The zero-order chi connectivity index (χ0) is 14.7. The summed E-state index contributed by atoms with van der Waals surface area (Å²) >= 11 is 4.63. The van der Waals surface area contributed by atoms with Gasteiger partial charge in [0, 0.05) is 22.8 Å². The zero-order valence-electron chi connectivity index (χ0n) is 11.1. The third kappa shape index (κ3) is 3.17. The van der Waals surface area contributed by atoms with Gasteiger partial charge in [0.15, 0.2) is 5.13 Å². The van der Waals surface area contributed by atoms with Gasteiger partial charge in [-0.25, -0.2) is 4.98 Å². The summed E-state index contributed by atoms with van der Waals surface area (Å²) in [5, 5.41) is 3.26. The fraction of sp³-hybridized carbons (Fsp3) is 0.231. The summed E-state index contributed by atoms with van der Waals surface area (Å²) in [4.78, 5) is 16.8. The number of benzene rings is 1. The number of amides is 1. The number of thiazole rings is 1. The number of carbonyl (C=O) groups excluding carboxylic acids is 1. The largest absolute Gasteiger partial charge is 0.380 e. The molecule has 2 rings (SSSR count). The minimum Gasteiger partial charge on any atom is -0.380 e. The quantitative estimate of drug-likeness (QED) is 0.882. The Balaban J connectivity index is 2.28. The van der Waals surface area contributed by atoms with E-state index in [4.69, 9.17) is 10.5 Å². The van der Waals surface area contributed by atoms with E-state index in [0.717, 1.165) is 10.0 Å². The smallest absolute Gasteiger partial charge is 0.267 e. The molecule has 1 aromatic heterocycles. The molecule has 3 N–H and O–H groups in total. The van der Waals surface area contributed by atoms with Crippen LogP contribution in [0.5, 0.6) is 0 Å². The van der Waals surface area contributed by atoms with E-state index in [9.17, 15) is 4.79 Å². The van der Waals surface area contributed by atoms with Crippen LogP contribution in [0.15, 0.2) is 22.7 Å². The molecule has 1 aromatic carbocycles. The first-order valence-electron chi connectivity index (χ1n) is 5.83. The number of hydrogen-bond acceptors (Lipinski definition) is 5. The molecule has 0 unspecified atom stereocenters. The van der Waals surface area contributed by atoms with Crippen molar-refractivity contribution in [2.24, 2.45) is 0 Å². The van der Waals surface area contributed by atoms with Crippen LogP contribution in [0.4, 0.5) is 10.8 Å². The number of aromatic nitrogens is 1. The maximum atomic E-state index is 12.3. The monoisotopic (exact) mass is 355 g/mol. The Morgan fingerprint density at radius 1 is 1.55 bits per heavy atom. The summed E-state index contributed by atoms with van der Waals surface area (Å²) in [5.74, 6) is -0.216. The number of rotatable bonds is 4. The van der Waals surface area contributed by atoms with Gasteiger partial charge < -0.3 is 15.8 Å². The Kier molecular flexibility index (Phi) is 4.74. The molecule has 0 aliphatic heterocycles. The standard InChI is InChI=1S/C13H14BrN3O2S/c1-7-11(20-13(15)16-7)12(18)17-10-5-3-4-9(14)8(10)6-19-2/h3-5H,6H2,1-2H3,(H2,15,16)(H,17,18). The highest BCUT2D eigenvalue weighted by molar-refractivity contribution is 9.10. The number of hydrogen-bond donors (Lipinski definition) is 2. The first kappa shape index (κ1) is 15.0. The summed E-state index contributed by atoms with van der Waals surface area (Å²) in [6.07, 6.45) is 0. The van der Waals surface area contributed by atoms with E-state index in [-0.39, 0.29) is 5.91 Å². The first-order chi connectivity index (χ1) is 9.52. The molecule has 0 aliphatic rings. The number of nitrogen functional groups attached to an aromatic ring is 1. The Hall–Kier alpha value is -1.44. The van der Waals surface area contributed by atoms with Gasteiger partial charge in [-0.05, 0) is 19.1 Å². The van der Waals surface area contributed by atoms with E-state index in [1.54, 1.807) is 14.0 Å². The van der Waals surface area contributed by atoms with Crippen molar-refractivity contribution >= 4 is 44.0 Å². The third-order valence-electron chi connectivity index (χ3n) is 2.68. The molecule has 0 fully saturated rings. The van der Waals surface area contributed by atoms with E-state index >= 15 is 0 Å². The van der Waals surface area contributed by atoms with Crippen LogP contribution in [0.25, 0.3) is 0 Å². The summed E-state index contributed by atoms with van der Waals surface area (Å²) in [7, 11) is 1.61. The van der Waals surface area contributed by atoms with E-state index in [0.29, 0.717) is 28.0 Å². The van der Waals surface area contributed by atoms with Gasteiger partial charge in [-0.1, -0.05) is 33.3 Å². The number of methoxy groups -OCH3 is 1. The normalized spacial score (nSPS) is 10.6. The van der Waals surface area contributed by atoms with Gasteiger partial charge in [0.2, 0.25) is 0 Å². The van der Waals surface area contributed by atoms with E-state index in [1.165, 1.54) is 11.3 Å². The highest BCUT2D eigenvalue weighted by Crippen LogP contribution is 2.27. The zero-order valence-corrected chi connectivity index (χ0v) is 13.5. The first-order valence-corrected chi connectivity index (χ1v) is 7.44. The van der Waals surface area contributed by atoms with Crippen LogP contribution in [0.2, 0.25) is 0 Å². The molecule has 5 nitrogen and oxygen atoms in total. The average molecular weight is 356 g/mol. The second kappa shape index (κ2) is 6.34. The molecule has 7 heteroatoms. The molecule has 0 atom stereocenters. The summed E-state index contributed by atoms with van der Waals surface area (Å²) in [6.45, 7) is 2.17. The van der Waals surface area contributed by atoms with Crippen molar-refractivity contribution in [1.82, 2.24) is 4.98 Å². The predicted molar refractivity (Wildman–Crippen MR) is 84.1 cm³/mol. The number of nitrogens with two attached hydrogens (primary N) is 1. The molecule has 106 valence electrons. The summed E-state index contributed by atoms with van der Waals surface area (Å²) < 4.78 is 6.04. The maximum absolute atomic E-state index is 12.3. The molecule has 2 aromatic rings. The number of anilines is 2. The van der Waals surface area contributed by atoms with Crippen molar-refractivity contribution in [3.8, 4) is 0 Å². The van der Waals surface area contributed by atoms with Gasteiger partial charge in [-0.2, -0.15) is 0 Å². The second-order valence-corrected chi connectivity index (χ2v) is 6.00. The van der Waals surface area contributed by atoms with Crippen LogP contribution in [-0.4, -0.2) is 18.0 Å². The highest BCUT2D eigenvalue weighted by Gasteiger charge is 2.16. The molecule has 0 saturated carbocycles. The van der Waals surface area contributed by atoms with E-state index in [1.807, 2.05) is 18.2 Å². The minimum absolute atomic E-state index is 0.216. The van der Waals surface area contributed by atoms with Gasteiger partial charge in [0.05, 0.1) is 12.3 Å². The number of halogens is 1. The van der Waals surface area contributed by atoms with Crippen LogP contribution in [0, 0.1) is 6.92 Å². The number of nitrogens with one attached hydrogen (secondary N) is 1. The van der Waals surface area contributed by atoms with Crippen molar-refractivity contribution in [1.29, 1.82) is 0 Å². The van der Waals surface area contributed by atoms with Crippen LogP contribution in [-0.2, 0) is 11.3 Å². The third-order valence-corrected chi connectivity index (χ3v) is 4.40. The Labute approximate surface area is 129 Å². The lowest BCUT2D eigenvalue weighted by atomic mass is 10.2. The number of nitrogens with zero attached hydrogens (tertiary/aromatic N) is 1. The van der Waals surface area contributed by atoms with Crippen LogP contribution in [0.1, 0.15) is 20.9 Å². The van der Waals surface area contributed by atoms with Gasteiger partial charge in [0.25, 0.3) is 5.91 Å². The molecule has 20 heavy (non-hydrogen) atoms. The van der Waals surface area contributed by atoms with Crippen molar-refractivity contribution in [2.75, 3.05) is 18.2 Å². The lowest BCUT2D eigenvalue weighted by molar-refractivity contribution is 0.102. The Bertz CT molecular complexity index is 643. The lowest BCUT2D eigenvalue weighted by Gasteiger charge is -2.11. The topological polar surface area (TPSA) is 77.2 Å². The van der Waals surface area contributed by atoms with E-state index < -0.39 is 0 Å². The van der Waals surface area contributed by atoms with Crippen molar-refractivity contribution in [3.63, 3.8) is 0 Å². The molecule has 0 bridgehead atoms. The van der Waals surface area contributed by atoms with E-state index in [2.05, 4.69) is 26.2 Å². The van der Waals surface area contributed by atoms with Crippen molar-refractivity contribution < 1.29 is 9.53 Å². The molecule has 0 spiro atoms. The Morgan fingerprint density at radius 2 is 2.30 bits per heavy atom. The van der Waals surface area contributed by atoms with Gasteiger partial charge >= 0.3 is 0 Å². The number of ether oxygens (including phenoxy) is 1. The second-order valence-electron chi connectivity index (χ2n) is 4.12. The fourth-order valence-corrected chi connectivity index (χ4v) is 2.98. The Morgan fingerprint density at radius 3 is 2.90 bits per heavy atom. The molecule has 0 aliphatic carbocycles.